The van der Waals surface area contributed by atoms with Gasteiger partial charge in [-0.3, -0.25) is 19.8 Å². The Bertz CT molecular complexity index is 1760. The summed E-state index contributed by atoms with van der Waals surface area (Å²) in [7, 11) is 1.41. The average Bonchev–Trinajstić information content (AvgIpc) is 3.61. The summed E-state index contributed by atoms with van der Waals surface area (Å²) in [4.78, 5) is 39.7. The zero-order valence-corrected chi connectivity index (χ0v) is 27.2. The van der Waals surface area contributed by atoms with Gasteiger partial charge in [0.1, 0.15) is 43.9 Å². The molecule has 0 aliphatic carbocycles. The van der Waals surface area contributed by atoms with Crippen molar-refractivity contribution in [3.63, 3.8) is 0 Å². The van der Waals surface area contributed by atoms with Crippen molar-refractivity contribution in [1.82, 2.24) is 5.32 Å². The summed E-state index contributed by atoms with van der Waals surface area (Å²) in [5.74, 6) is -0.997. The molecule has 51 heavy (non-hydrogen) atoms. The lowest BCUT2D eigenvalue weighted by molar-refractivity contribution is -0.387. The predicted molar refractivity (Wildman–Crippen MR) is 174 cm³/mol. The Hall–Kier alpha value is -4.88. The summed E-state index contributed by atoms with van der Waals surface area (Å²) in [6.07, 6.45) is -10.4. The van der Waals surface area contributed by atoms with Crippen LogP contribution >= 0.6 is 0 Å². The molecule has 272 valence electrons. The van der Waals surface area contributed by atoms with Crippen LogP contribution in [0.1, 0.15) is 27.9 Å². The van der Waals surface area contributed by atoms with E-state index in [2.05, 4.69) is 5.32 Å². The van der Waals surface area contributed by atoms with Gasteiger partial charge in [-0.2, -0.15) is 0 Å². The molecular weight excluding hydrogens is 674 g/mol. The molecule has 3 aliphatic rings. The molecular formula is C34H37N3O14. The third-order valence-corrected chi connectivity index (χ3v) is 9.11. The number of hydrogen-bond donors (Lipinski definition) is 6. The molecule has 17 nitrogen and oxygen atoms in total. The highest BCUT2D eigenvalue weighted by Crippen LogP contribution is 2.42. The number of carbonyl (C=O) groups excluding carboxylic acids is 2. The lowest BCUT2D eigenvalue weighted by Crippen LogP contribution is -2.60. The van der Waals surface area contributed by atoms with Gasteiger partial charge in [0, 0.05) is 23.6 Å². The number of hydrogen-bond acceptors (Lipinski definition) is 15. The van der Waals surface area contributed by atoms with Gasteiger partial charge in [0.2, 0.25) is 6.29 Å². The average molecular weight is 712 g/mol. The summed E-state index contributed by atoms with van der Waals surface area (Å²) >= 11 is 0. The molecule has 2 saturated heterocycles. The largest absolute Gasteiger partial charge is 0.493 e. The Kier molecular flexibility index (Phi) is 10.7. The number of amides is 1. The third kappa shape index (κ3) is 7.18. The number of methoxy groups -OCH3 is 1. The van der Waals surface area contributed by atoms with Crippen LogP contribution in [0.2, 0.25) is 0 Å². The summed E-state index contributed by atoms with van der Waals surface area (Å²) in [5, 5.41) is 66.5. The molecule has 3 aromatic rings. The summed E-state index contributed by atoms with van der Waals surface area (Å²) in [6, 6.07) is 14.9. The second-order valence-corrected chi connectivity index (χ2v) is 12.3. The van der Waals surface area contributed by atoms with E-state index in [0.717, 1.165) is 22.6 Å². The Morgan fingerprint density at radius 1 is 0.980 bits per heavy atom. The molecule has 0 radical (unpaired) electrons. The number of nitro groups is 1. The second-order valence-electron chi connectivity index (χ2n) is 12.3. The Morgan fingerprint density at radius 2 is 1.75 bits per heavy atom. The first kappa shape index (κ1) is 35.9. The highest BCUT2D eigenvalue weighted by molar-refractivity contribution is 6.09. The third-order valence-electron chi connectivity index (χ3n) is 9.11. The molecule has 3 aromatic carbocycles. The Labute approximate surface area is 290 Å². The molecule has 8 atom stereocenters. The van der Waals surface area contributed by atoms with E-state index in [1.165, 1.54) is 25.3 Å². The minimum atomic E-state index is -1.81. The molecule has 17 heteroatoms. The Morgan fingerprint density at radius 3 is 2.45 bits per heavy atom. The smallest absolute Gasteiger partial charge is 0.416 e. The highest BCUT2D eigenvalue weighted by atomic mass is 16.7. The van der Waals surface area contributed by atoms with Crippen LogP contribution in [0.5, 0.6) is 17.2 Å². The maximum atomic E-state index is 13.8. The van der Waals surface area contributed by atoms with E-state index in [-0.39, 0.29) is 46.5 Å². The number of nitro benzene ring substituents is 1. The van der Waals surface area contributed by atoms with Gasteiger partial charge in [0.05, 0.1) is 30.4 Å². The van der Waals surface area contributed by atoms with Crippen molar-refractivity contribution in [3.8, 4) is 17.2 Å². The van der Waals surface area contributed by atoms with Gasteiger partial charge in [-0.15, -0.1) is 0 Å². The first-order valence-corrected chi connectivity index (χ1v) is 16.1. The second kappa shape index (κ2) is 15.2. The number of ketones is 1. The maximum Gasteiger partial charge on any atom is 0.416 e. The number of ether oxygens (including phenoxy) is 5. The number of anilines is 1. The molecule has 1 amide bonds. The minimum absolute atomic E-state index is 0.0202. The molecule has 6 rings (SSSR count). The van der Waals surface area contributed by atoms with Gasteiger partial charge < -0.3 is 54.5 Å². The van der Waals surface area contributed by atoms with E-state index < -0.39 is 78.8 Å². The van der Waals surface area contributed by atoms with E-state index in [1.54, 1.807) is 0 Å². The van der Waals surface area contributed by atoms with E-state index in [0.29, 0.717) is 13.0 Å². The lowest BCUT2D eigenvalue weighted by Gasteiger charge is -2.39. The zero-order valence-electron chi connectivity index (χ0n) is 27.2. The van der Waals surface area contributed by atoms with Crippen molar-refractivity contribution in [3.05, 3.63) is 87.5 Å². The van der Waals surface area contributed by atoms with Gasteiger partial charge in [0.25, 0.3) is 0 Å². The zero-order chi connectivity index (χ0) is 36.4. The molecule has 0 spiro atoms. The van der Waals surface area contributed by atoms with Crippen LogP contribution in [0, 0.1) is 16.0 Å². The number of benzene rings is 3. The highest BCUT2D eigenvalue weighted by Gasteiger charge is 2.48. The fourth-order valence-corrected chi connectivity index (χ4v) is 6.39. The van der Waals surface area contributed by atoms with Crippen LogP contribution in [0.4, 0.5) is 16.2 Å². The number of rotatable bonds is 10. The van der Waals surface area contributed by atoms with Gasteiger partial charge in [-0.1, -0.05) is 36.4 Å². The van der Waals surface area contributed by atoms with Crippen molar-refractivity contribution in [2.75, 3.05) is 25.2 Å². The van der Waals surface area contributed by atoms with Crippen LogP contribution in [-0.2, 0) is 22.7 Å². The van der Waals surface area contributed by atoms with Crippen molar-refractivity contribution in [2.24, 2.45) is 5.92 Å². The summed E-state index contributed by atoms with van der Waals surface area (Å²) < 4.78 is 27.9. The molecule has 2 fully saturated rings. The molecule has 3 heterocycles. The maximum absolute atomic E-state index is 13.8. The van der Waals surface area contributed by atoms with Gasteiger partial charge in [-0.25, -0.2) is 4.79 Å². The van der Waals surface area contributed by atoms with Crippen LogP contribution in [0.3, 0.4) is 0 Å². The Balaban J connectivity index is 1.25. The monoisotopic (exact) mass is 711 g/mol. The number of nitrogens with one attached hydrogen (secondary N) is 1. The predicted octanol–water partition coefficient (Wildman–Crippen LogP) is 0.997. The van der Waals surface area contributed by atoms with Crippen LogP contribution in [-0.4, -0.2) is 106 Å². The van der Waals surface area contributed by atoms with E-state index in [9.17, 15) is 45.2 Å². The lowest BCUT2D eigenvalue weighted by atomic mass is 9.93. The number of nitrogens with zero attached hydrogens (tertiary/aromatic N) is 2. The molecule has 0 bridgehead atoms. The number of Topliss-reactive ketones (excluding diaryl/α,β-unsaturated/α-hetero) is 1. The van der Waals surface area contributed by atoms with Crippen LogP contribution < -0.4 is 24.4 Å². The topological polar surface area (TPSA) is 240 Å². The molecule has 6 N–H and O–H groups in total. The molecule has 2 unspecified atom stereocenters. The van der Waals surface area contributed by atoms with E-state index in [1.807, 2.05) is 30.3 Å². The van der Waals surface area contributed by atoms with Crippen LogP contribution in [0.15, 0.2) is 60.7 Å². The van der Waals surface area contributed by atoms with Gasteiger partial charge >= 0.3 is 11.8 Å². The standard InChI is InChI=1S/C34H37N3O14/c1-47-24-12-20-21(13-25(24)48-15-17-5-3-2-4-6-17)36(32(43)19-9-10-35-27(19)28(20)39)34(44)49-16-18-7-8-23(22(11-18)37(45)46)50-33-31(42)30(41)29(40)26(14-38)51-33/h2-8,11-13,19,26-27,29-33,35,38,40-43H,9-10,14-16H2,1H3/t19-,26-,27?,29+,30+,31-,32?,33-/m1/s1. The quantitative estimate of drug-likeness (QED) is 0.127. The normalized spacial score (nSPS) is 27.2. The summed E-state index contributed by atoms with van der Waals surface area (Å²) in [6.45, 7) is -0.674. The number of fused-ring (bicyclic) bond motifs is 2. The first-order chi connectivity index (χ1) is 24.5. The molecule has 3 aliphatic heterocycles. The molecule has 0 saturated carbocycles. The van der Waals surface area contributed by atoms with E-state index >= 15 is 0 Å². The van der Waals surface area contributed by atoms with Crippen molar-refractivity contribution < 1.29 is 63.7 Å². The SMILES string of the molecule is COc1cc2c(cc1OCc1ccccc1)N(C(=O)OCc1ccc(O[C@@H]3O[C@H](CO)[C@H](O)[C@H](O)[C@H]3O)c([N+](=O)[O-])c1)C(O)[C@@H]1CCNC1C2=O. The fraction of sp³-hybridized carbons (Fsp3) is 0.412. The van der Waals surface area contributed by atoms with Crippen molar-refractivity contribution in [2.45, 2.75) is 62.6 Å². The van der Waals surface area contributed by atoms with Gasteiger partial charge in [-0.05, 0) is 36.2 Å². The first-order valence-electron chi connectivity index (χ1n) is 16.1. The molecule has 0 aromatic heterocycles. The van der Waals surface area contributed by atoms with Crippen molar-refractivity contribution in [1.29, 1.82) is 0 Å². The van der Waals surface area contributed by atoms with Crippen molar-refractivity contribution >= 4 is 23.3 Å². The van der Waals surface area contributed by atoms with E-state index in [4.69, 9.17) is 23.7 Å². The minimum Gasteiger partial charge on any atom is -0.493 e. The van der Waals surface area contributed by atoms with Gasteiger partial charge in [0.15, 0.2) is 23.0 Å². The van der Waals surface area contributed by atoms with Crippen LogP contribution in [0.25, 0.3) is 0 Å². The number of aliphatic hydroxyl groups is 5. The number of carbonyl (C=O) groups is 2. The summed E-state index contributed by atoms with van der Waals surface area (Å²) in [5.41, 5.74) is 0.477. The number of aliphatic hydroxyl groups excluding tert-OH is 5. The fourth-order valence-electron chi connectivity index (χ4n) is 6.39.